The SMILES string of the molecule is COc1ccc(C[C@@H]2NC(=O)[C@H]([C@@H](C)O)NC(=O)[C@@H]3[C@@H]4CCN3C(=O)[C@@H]3Cc5cn(c6ccc(F)cc56)CCCCCCN(Cc5ccc(cc5)CCNC(=O)[C@]5(C)CCCN5C2=O)C(=O)CCC(=O)C[C@@H](C)C(=O)N[C@H](CCC(=O)CCCCC[N+](C)(C)C)C(=O)NC(Cc2cccc(c2)CNC(=O)CO4)C(=O)N3)cc1. The molecule has 6 aliphatic heterocycles. The van der Waals surface area contributed by atoms with Crippen LogP contribution in [0.1, 0.15) is 157 Å². The number of ether oxygens (including phenoxy) is 2. The summed E-state index contributed by atoms with van der Waals surface area (Å²) in [7, 11) is 7.75. The third kappa shape index (κ3) is 22.9. The van der Waals surface area contributed by atoms with Gasteiger partial charge in [0, 0.05) is 120 Å². The first-order valence-electron chi connectivity index (χ1n) is 39.7. The first-order valence-corrected chi connectivity index (χ1v) is 39.7. The highest BCUT2D eigenvalue weighted by molar-refractivity contribution is 6.00. The van der Waals surface area contributed by atoms with Gasteiger partial charge in [0.15, 0.2) is 0 Å². The number of aromatic nitrogens is 1. The normalized spacial score (nSPS) is 25.0. The first-order chi connectivity index (χ1) is 53.5. The Morgan fingerprint density at radius 1 is 0.679 bits per heavy atom. The van der Waals surface area contributed by atoms with E-state index in [0.717, 1.165) is 39.9 Å². The van der Waals surface area contributed by atoms with Crippen LogP contribution < -0.4 is 42.0 Å². The van der Waals surface area contributed by atoms with E-state index >= 15 is 33.2 Å². The number of hydrogen-bond acceptors (Lipinski definition) is 15. The molecule has 7 heterocycles. The molecule has 1 unspecified atom stereocenters. The Labute approximate surface area is 654 Å². The number of methoxy groups -OCH3 is 1. The molecule has 27 nitrogen and oxygen atoms in total. The van der Waals surface area contributed by atoms with E-state index in [-0.39, 0.29) is 121 Å². The van der Waals surface area contributed by atoms with Crippen molar-refractivity contribution in [3.63, 3.8) is 0 Å². The predicted octanol–water partition coefficient (Wildman–Crippen LogP) is 4.89. The molecule has 0 aliphatic carbocycles. The second-order valence-electron chi connectivity index (χ2n) is 32.1. The van der Waals surface area contributed by atoms with E-state index in [4.69, 9.17) is 9.47 Å². The summed E-state index contributed by atoms with van der Waals surface area (Å²) < 4.78 is 30.2. The number of halogens is 1. The van der Waals surface area contributed by atoms with Crippen molar-refractivity contribution in [2.45, 2.75) is 223 Å². The van der Waals surface area contributed by atoms with E-state index in [2.05, 4.69) is 58.4 Å². The van der Waals surface area contributed by atoms with Gasteiger partial charge in [-0.1, -0.05) is 80.4 Å². The summed E-state index contributed by atoms with van der Waals surface area (Å²) in [5, 5.41) is 32.0. The molecule has 1 aromatic heterocycles. The number of aryl methyl sites for hydroxylation is 1. The molecule has 11 rings (SSSR count). The number of aliphatic hydroxyl groups is 1. The molecule has 5 aromatic rings. The van der Waals surface area contributed by atoms with E-state index in [1.54, 1.807) is 72.6 Å². The molecule has 10 amide bonds. The number of Topliss-reactive ketones (excluding diaryl/α,β-unsaturated/α-hetero) is 2. The Bertz CT molecular complexity index is 4220. The predicted molar refractivity (Wildman–Crippen MR) is 416 cm³/mol. The molecule has 0 radical (unpaired) electrons. The van der Waals surface area contributed by atoms with Crippen LogP contribution in [-0.2, 0) is 108 Å². The molecule has 2 saturated heterocycles. The van der Waals surface area contributed by atoms with Gasteiger partial charge in [-0.15, -0.1) is 0 Å². The van der Waals surface area contributed by atoms with E-state index in [1.807, 2.05) is 28.8 Å². The molecule has 4 aromatic carbocycles. The molecule has 604 valence electrons. The Morgan fingerprint density at radius 2 is 1.40 bits per heavy atom. The van der Waals surface area contributed by atoms with Crippen LogP contribution in [0.4, 0.5) is 4.39 Å². The van der Waals surface area contributed by atoms with Gasteiger partial charge in [-0.05, 0) is 142 Å². The van der Waals surface area contributed by atoms with E-state index < -0.39 is 126 Å². The van der Waals surface area contributed by atoms with E-state index in [1.165, 1.54) is 38.0 Å². The minimum Gasteiger partial charge on any atom is -0.497 e. The zero-order valence-corrected chi connectivity index (χ0v) is 65.7. The van der Waals surface area contributed by atoms with Crippen LogP contribution in [0.3, 0.4) is 0 Å². The number of quaternary nitrogens is 1. The highest BCUT2D eigenvalue weighted by atomic mass is 19.1. The van der Waals surface area contributed by atoms with Crippen molar-refractivity contribution in [3.8, 4) is 5.75 Å². The summed E-state index contributed by atoms with van der Waals surface area (Å²) in [6.07, 6.45) is 3.04. The summed E-state index contributed by atoms with van der Waals surface area (Å²) in [5.41, 5.74) is 2.88. The van der Waals surface area contributed by atoms with Crippen LogP contribution in [0.25, 0.3) is 10.9 Å². The standard InChI is InChI=1S/C84H111FN12O15/c1-53-43-63(100)28-33-73(102)94-39-13-9-8-12-38-93-51-60(65-48-61(85)26-32-70(65)93)47-69-81(108)95-41-35-71(112-52-72(101)87-49-59-18-15-17-58(44-59)46-67(78(105)90-69)89-77(104)66(88-76(53)103)31-27-62(99)19-11-10-14-42-97(4,5)6)75(95)80(107)92-74(54(2)98)79(106)91-68(45-56-24-29-64(111-7)30-25-56)82(109)96-40-16-36-84(96,3)83(110)86-37-34-55-20-22-57(50-94)23-21-55/h15,17-18,20-26,29-30,32,44,48,51,53-54,66-69,71,74-75,98H,8-14,16,19,27-28,31,33-43,45-47,49-50,52H2,1-7H3,(H6-,86,87,88,89,90,91,92,101,103,104,105,106,107,110)/p+1/t53-,54-,66-,67?,68+,69+,71+,74+,75+,84+/m1/s1. The van der Waals surface area contributed by atoms with Gasteiger partial charge in [-0.2, -0.15) is 0 Å². The number of benzene rings is 4. The molecule has 8 N–H and O–H groups in total. The number of unbranched alkanes of at least 4 members (excludes halogenated alkanes) is 2. The van der Waals surface area contributed by atoms with Crippen LogP contribution in [0.15, 0.2) is 97.2 Å². The number of nitrogens with one attached hydrogen (secondary N) is 7. The molecule has 2 fully saturated rings. The molecule has 0 saturated carbocycles. The van der Waals surface area contributed by atoms with Crippen molar-refractivity contribution in [3.05, 3.63) is 136 Å². The van der Waals surface area contributed by atoms with Gasteiger partial charge in [-0.25, -0.2) is 4.39 Å². The van der Waals surface area contributed by atoms with Crippen LogP contribution in [0.2, 0.25) is 0 Å². The second-order valence-corrected chi connectivity index (χ2v) is 32.1. The third-order valence-electron chi connectivity index (χ3n) is 22.3. The van der Waals surface area contributed by atoms with Gasteiger partial charge in [0.05, 0.1) is 47.0 Å². The maximum Gasteiger partial charge on any atom is 0.246 e. The highest BCUT2D eigenvalue weighted by Crippen LogP contribution is 2.33. The summed E-state index contributed by atoms with van der Waals surface area (Å²) in [5.74, 6) is -9.10. The second kappa shape index (κ2) is 39.0. The Morgan fingerprint density at radius 3 is 2.14 bits per heavy atom. The van der Waals surface area contributed by atoms with Crippen molar-refractivity contribution in [2.75, 3.05) is 67.6 Å². The van der Waals surface area contributed by atoms with Gasteiger partial charge >= 0.3 is 0 Å². The molecular weight excluding hydrogens is 1440 g/mol. The molecule has 12 bridgehead atoms. The lowest BCUT2D eigenvalue weighted by molar-refractivity contribution is -0.870. The van der Waals surface area contributed by atoms with Gasteiger partial charge in [0.25, 0.3) is 0 Å². The fourth-order valence-corrected chi connectivity index (χ4v) is 15.8. The number of rotatable bonds is 13. The van der Waals surface area contributed by atoms with Gasteiger partial charge in [-0.3, -0.25) is 57.5 Å². The van der Waals surface area contributed by atoms with E-state index in [0.29, 0.717) is 96.9 Å². The number of fused-ring (bicyclic) bond motifs is 16. The summed E-state index contributed by atoms with van der Waals surface area (Å²) in [6, 6.07) is 15.8. The molecule has 112 heavy (non-hydrogen) atoms. The molecule has 28 heteroatoms. The number of nitrogens with zero attached hydrogens (tertiary/aromatic N) is 5. The zero-order chi connectivity index (χ0) is 80.4. The Hall–Kier alpha value is -9.93. The zero-order valence-electron chi connectivity index (χ0n) is 65.7. The lowest BCUT2D eigenvalue weighted by Crippen LogP contribution is -2.64. The largest absolute Gasteiger partial charge is 0.497 e. The van der Waals surface area contributed by atoms with Gasteiger partial charge in [0.1, 0.15) is 71.5 Å². The maximum absolute atomic E-state index is 16.3. The maximum atomic E-state index is 16.3. The number of aliphatic hydroxyl groups excluding tert-OH is 1. The molecule has 6 aliphatic rings. The fraction of sp³-hybridized carbons (Fsp3) is 0.548. The van der Waals surface area contributed by atoms with Crippen molar-refractivity contribution in [1.29, 1.82) is 0 Å². The summed E-state index contributed by atoms with van der Waals surface area (Å²) >= 11 is 0. The monoisotopic (exact) mass is 1550 g/mol. The smallest absolute Gasteiger partial charge is 0.246 e. The van der Waals surface area contributed by atoms with E-state index in [9.17, 15) is 33.9 Å². The van der Waals surface area contributed by atoms with Crippen molar-refractivity contribution >= 4 is 81.5 Å². The summed E-state index contributed by atoms with van der Waals surface area (Å²) in [4.78, 5) is 183. The lowest BCUT2D eigenvalue weighted by Gasteiger charge is -2.37. The van der Waals surface area contributed by atoms with Gasteiger partial charge < -0.3 is 75.5 Å². The lowest BCUT2D eigenvalue weighted by atomic mass is 9.95. The Balaban J connectivity index is 1.08. The van der Waals surface area contributed by atoms with Gasteiger partial charge in [0.2, 0.25) is 59.1 Å². The van der Waals surface area contributed by atoms with Crippen molar-refractivity contribution in [1.82, 2.24) is 56.5 Å². The van der Waals surface area contributed by atoms with Crippen LogP contribution >= 0.6 is 0 Å². The average Bonchev–Trinajstić information content (AvgIpc) is 1.63. The molecule has 0 spiro atoms. The molecular formula is C84H112FN12O15+. The Kier molecular flexibility index (Phi) is 29.4. The van der Waals surface area contributed by atoms with Crippen LogP contribution in [-0.4, -0.2) is 221 Å². The number of carbonyl (C=O) groups is 12. The van der Waals surface area contributed by atoms with Crippen LogP contribution in [0, 0.1) is 11.7 Å². The topological polar surface area (TPSA) is 342 Å². The molecule has 10 atom stereocenters. The highest BCUT2D eigenvalue weighted by Gasteiger charge is 2.50. The average molecular weight is 1550 g/mol. The minimum absolute atomic E-state index is 0.0612. The first kappa shape index (κ1) is 84.5. The quantitative estimate of drug-likeness (QED) is 0.0575. The third-order valence-corrected chi connectivity index (χ3v) is 22.3. The van der Waals surface area contributed by atoms with Crippen molar-refractivity contribution < 1.29 is 81.0 Å². The number of carbonyl (C=O) groups excluding carboxylic acids is 12. The van der Waals surface area contributed by atoms with Crippen molar-refractivity contribution in [2.24, 2.45) is 5.92 Å². The number of hydrogen-bond donors (Lipinski definition) is 8. The summed E-state index contributed by atoms with van der Waals surface area (Å²) in [6.45, 7) is 5.66. The van der Waals surface area contributed by atoms with Crippen LogP contribution in [0.5, 0.6) is 5.75 Å². The fourth-order valence-electron chi connectivity index (χ4n) is 15.8. The minimum atomic E-state index is -1.85. The number of ketones is 2. The number of amides is 10.